The van der Waals surface area contributed by atoms with E-state index < -0.39 is 5.82 Å². The van der Waals surface area contributed by atoms with Crippen LogP contribution in [0.1, 0.15) is 47.2 Å². The number of nitrogens with zero attached hydrogens (tertiary/aromatic N) is 1. The van der Waals surface area contributed by atoms with Crippen molar-refractivity contribution in [2.24, 2.45) is 0 Å². The highest BCUT2D eigenvalue weighted by Gasteiger charge is 2.25. The number of hydrogen-bond acceptors (Lipinski definition) is 2. The zero-order chi connectivity index (χ0) is 16.4. The first-order valence-electron chi connectivity index (χ1n) is 8.18. The summed E-state index contributed by atoms with van der Waals surface area (Å²) in [5.74, 6) is -0.0862. The summed E-state index contributed by atoms with van der Waals surface area (Å²) >= 11 is 0. The van der Waals surface area contributed by atoms with Crippen LogP contribution < -0.4 is 4.90 Å². The number of anilines is 1. The van der Waals surface area contributed by atoms with Gasteiger partial charge in [-0.25, -0.2) is 4.39 Å². The average Bonchev–Trinajstić information content (AvgIpc) is 2.55. The number of rotatable bonds is 3. The van der Waals surface area contributed by atoms with Gasteiger partial charge >= 0.3 is 0 Å². The van der Waals surface area contributed by atoms with Crippen LogP contribution in [0.3, 0.4) is 0 Å². The normalized spacial score (nSPS) is 15.7. The zero-order valence-corrected chi connectivity index (χ0v) is 13.7. The topological polar surface area (TPSA) is 20.3 Å². The van der Waals surface area contributed by atoms with Gasteiger partial charge in [0.1, 0.15) is 5.82 Å². The Morgan fingerprint density at radius 2 is 1.78 bits per heavy atom. The molecular weight excluding hydrogens is 289 g/mol. The van der Waals surface area contributed by atoms with E-state index in [0.717, 1.165) is 31.6 Å². The van der Waals surface area contributed by atoms with Crippen molar-refractivity contribution in [2.45, 2.75) is 32.6 Å². The Bertz CT molecular complexity index is 717. The number of hydrogen-bond donors (Lipinski definition) is 0. The third kappa shape index (κ3) is 3.14. The van der Waals surface area contributed by atoms with E-state index in [2.05, 4.69) is 36.1 Å². The monoisotopic (exact) mass is 311 g/mol. The van der Waals surface area contributed by atoms with Crippen LogP contribution in [0, 0.1) is 12.7 Å². The molecule has 2 nitrogen and oxygen atoms in total. The van der Waals surface area contributed by atoms with Crippen LogP contribution >= 0.6 is 0 Å². The minimum atomic E-state index is -0.420. The molecule has 0 amide bonds. The molecule has 3 heteroatoms. The maximum Gasteiger partial charge on any atom is 0.164 e. The van der Waals surface area contributed by atoms with Crippen LogP contribution in [-0.4, -0.2) is 18.9 Å². The first-order valence-corrected chi connectivity index (χ1v) is 8.18. The highest BCUT2D eigenvalue weighted by molar-refractivity contribution is 6.00. The number of aryl methyl sites for hydroxylation is 1. The summed E-state index contributed by atoms with van der Waals surface area (Å²) < 4.78 is 14.0. The van der Waals surface area contributed by atoms with E-state index in [1.54, 1.807) is 6.07 Å². The molecule has 2 aromatic carbocycles. The summed E-state index contributed by atoms with van der Waals surface area (Å²) in [7, 11) is 0. The second-order valence-corrected chi connectivity index (χ2v) is 6.31. The highest BCUT2D eigenvalue weighted by atomic mass is 19.1. The van der Waals surface area contributed by atoms with E-state index >= 15 is 0 Å². The molecule has 1 aliphatic heterocycles. The highest BCUT2D eigenvalue weighted by Crippen LogP contribution is 2.33. The fourth-order valence-electron chi connectivity index (χ4n) is 3.60. The Balaban J connectivity index is 1.79. The molecule has 0 saturated carbocycles. The number of halogens is 1. The van der Waals surface area contributed by atoms with Gasteiger partial charge in [-0.3, -0.25) is 4.79 Å². The van der Waals surface area contributed by atoms with Crippen LogP contribution in [-0.2, 0) is 0 Å². The number of ketones is 1. The quantitative estimate of drug-likeness (QED) is 0.764. The molecule has 2 aromatic rings. The Hall–Kier alpha value is -2.16. The molecule has 0 atom stereocenters. The van der Waals surface area contributed by atoms with E-state index in [1.165, 1.54) is 24.1 Å². The third-order valence-electron chi connectivity index (χ3n) is 4.81. The molecule has 0 unspecified atom stereocenters. The molecule has 1 aliphatic rings. The average molecular weight is 311 g/mol. The lowest BCUT2D eigenvalue weighted by atomic mass is 9.86. The van der Waals surface area contributed by atoms with Crippen molar-refractivity contribution in [1.82, 2.24) is 0 Å². The van der Waals surface area contributed by atoms with E-state index in [4.69, 9.17) is 0 Å². The lowest BCUT2D eigenvalue weighted by Crippen LogP contribution is -2.34. The number of carbonyl (C=O) groups is 1. The molecule has 0 spiro atoms. The Morgan fingerprint density at radius 3 is 2.43 bits per heavy atom. The van der Waals surface area contributed by atoms with Gasteiger partial charge in [-0.2, -0.15) is 0 Å². The van der Waals surface area contributed by atoms with E-state index in [1.807, 2.05) is 6.07 Å². The molecule has 3 rings (SSSR count). The molecule has 1 saturated heterocycles. The van der Waals surface area contributed by atoms with Crippen molar-refractivity contribution >= 4 is 11.5 Å². The number of Topliss-reactive ketones (excluding diaryl/α,β-unsaturated/α-hetero) is 1. The molecule has 1 fully saturated rings. The summed E-state index contributed by atoms with van der Waals surface area (Å²) in [4.78, 5) is 13.9. The lowest BCUT2D eigenvalue weighted by molar-refractivity contribution is 0.101. The van der Waals surface area contributed by atoms with Gasteiger partial charge in [0.15, 0.2) is 5.78 Å². The summed E-state index contributed by atoms with van der Waals surface area (Å²) in [6.07, 6.45) is 2.05. The van der Waals surface area contributed by atoms with Crippen molar-refractivity contribution in [2.75, 3.05) is 18.0 Å². The maximum absolute atomic E-state index is 14.0. The van der Waals surface area contributed by atoms with E-state index in [9.17, 15) is 9.18 Å². The molecule has 0 radical (unpaired) electrons. The fraction of sp³-hybridized carbons (Fsp3) is 0.350. The molecule has 0 aromatic heterocycles. The predicted molar refractivity (Wildman–Crippen MR) is 91.8 cm³/mol. The van der Waals surface area contributed by atoms with Crippen molar-refractivity contribution in [3.05, 3.63) is 65.0 Å². The van der Waals surface area contributed by atoms with Gasteiger partial charge in [-0.15, -0.1) is 0 Å². The van der Waals surface area contributed by atoms with Gasteiger partial charge < -0.3 is 4.90 Å². The van der Waals surface area contributed by atoms with Gasteiger partial charge in [0.2, 0.25) is 0 Å². The Kier molecular flexibility index (Phi) is 4.46. The predicted octanol–water partition coefficient (Wildman–Crippen LogP) is 4.72. The van der Waals surface area contributed by atoms with E-state index in [-0.39, 0.29) is 11.3 Å². The van der Waals surface area contributed by atoms with Crippen LogP contribution in [0.2, 0.25) is 0 Å². The van der Waals surface area contributed by atoms with E-state index in [0.29, 0.717) is 5.92 Å². The van der Waals surface area contributed by atoms with Gasteiger partial charge in [0, 0.05) is 13.1 Å². The SMILES string of the molecule is CC(=O)c1c(F)cccc1N1CCC(c2ccccc2C)CC1. The van der Waals surface area contributed by atoms with Crippen molar-refractivity contribution in [3.8, 4) is 0 Å². The second kappa shape index (κ2) is 6.53. The second-order valence-electron chi connectivity index (χ2n) is 6.31. The minimum absolute atomic E-state index is 0.209. The minimum Gasteiger partial charge on any atom is -0.371 e. The maximum atomic E-state index is 14.0. The largest absolute Gasteiger partial charge is 0.371 e. The number of carbonyl (C=O) groups excluding carboxylic acids is 1. The molecule has 1 heterocycles. The summed E-state index contributed by atoms with van der Waals surface area (Å²) in [6, 6.07) is 13.4. The van der Waals surface area contributed by atoms with Crippen LogP contribution in [0.5, 0.6) is 0 Å². The number of piperidine rings is 1. The summed E-state index contributed by atoms with van der Waals surface area (Å²) in [5, 5.41) is 0. The summed E-state index contributed by atoms with van der Waals surface area (Å²) in [5.41, 5.74) is 3.71. The Morgan fingerprint density at radius 1 is 1.09 bits per heavy atom. The zero-order valence-electron chi connectivity index (χ0n) is 13.7. The molecule has 0 aliphatic carbocycles. The van der Waals surface area contributed by atoms with Gasteiger partial charge in [0.25, 0.3) is 0 Å². The van der Waals surface area contributed by atoms with Gasteiger partial charge in [-0.1, -0.05) is 30.3 Å². The first kappa shape index (κ1) is 15.7. The Labute approximate surface area is 136 Å². The summed E-state index contributed by atoms with van der Waals surface area (Å²) in [6.45, 7) is 5.29. The molecule has 0 bridgehead atoms. The van der Waals surface area contributed by atoms with Crippen LogP contribution in [0.25, 0.3) is 0 Å². The third-order valence-corrected chi connectivity index (χ3v) is 4.81. The lowest BCUT2D eigenvalue weighted by Gasteiger charge is -2.35. The standard InChI is InChI=1S/C20H22FNO/c1-14-6-3-4-7-17(14)16-10-12-22(13-11-16)19-9-5-8-18(21)20(19)15(2)23/h3-9,16H,10-13H2,1-2H3. The molecule has 0 N–H and O–H groups in total. The van der Waals surface area contributed by atoms with Gasteiger partial charge in [0.05, 0.1) is 11.3 Å². The fourth-order valence-corrected chi connectivity index (χ4v) is 3.60. The molecular formula is C20H22FNO. The first-order chi connectivity index (χ1) is 11.1. The van der Waals surface area contributed by atoms with Crippen molar-refractivity contribution in [1.29, 1.82) is 0 Å². The van der Waals surface area contributed by atoms with Crippen molar-refractivity contribution < 1.29 is 9.18 Å². The van der Waals surface area contributed by atoms with Crippen LogP contribution in [0.4, 0.5) is 10.1 Å². The van der Waals surface area contributed by atoms with Crippen molar-refractivity contribution in [3.63, 3.8) is 0 Å². The molecule has 120 valence electrons. The number of benzene rings is 2. The smallest absolute Gasteiger partial charge is 0.164 e. The van der Waals surface area contributed by atoms with Gasteiger partial charge in [-0.05, 0) is 55.9 Å². The molecule has 23 heavy (non-hydrogen) atoms. The van der Waals surface area contributed by atoms with Crippen LogP contribution in [0.15, 0.2) is 42.5 Å².